The number of hydrogen-bond donors (Lipinski definition) is 1. The van der Waals surface area contributed by atoms with Crippen molar-refractivity contribution in [3.63, 3.8) is 0 Å². The predicted molar refractivity (Wildman–Crippen MR) is 74.7 cm³/mol. The lowest BCUT2D eigenvalue weighted by Gasteiger charge is -2.17. The van der Waals surface area contributed by atoms with Gasteiger partial charge in [0.25, 0.3) is 0 Å². The highest BCUT2D eigenvalue weighted by molar-refractivity contribution is 5.70. The minimum absolute atomic E-state index is 0.255. The quantitative estimate of drug-likeness (QED) is 0.790. The fourth-order valence-corrected chi connectivity index (χ4v) is 2.38. The van der Waals surface area contributed by atoms with Gasteiger partial charge in [0.15, 0.2) is 0 Å². The van der Waals surface area contributed by atoms with Gasteiger partial charge in [-0.25, -0.2) is 0 Å². The lowest BCUT2D eigenvalue weighted by atomic mass is 9.88. The highest BCUT2D eigenvalue weighted by Gasteiger charge is 2.20. The molecule has 1 rings (SSSR count). The predicted octanol–water partition coefficient (Wildman–Crippen LogP) is 4.06. The van der Waals surface area contributed by atoms with Crippen molar-refractivity contribution in [3.8, 4) is 0 Å². The molecule has 2 nitrogen and oxygen atoms in total. The first-order valence-corrected chi connectivity index (χ1v) is 6.81. The summed E-state index contributed by atoms with van der Waals surface area (Å²) in [6, 6.07) is 8.17. The van der Waals surface area contributed by atoms with E-state index in [9.17, 15) is 9.90 Å². The minimum atomic E-state index is -0.668. The van der Waals surface area contributed by atoms with Crippen LogP contribution >= 0.6 is 0 Å². The molecule has 0 bridgehead atoms. The lowest BCUT2D eigenvalue weighted by Crippen LogP contribution is -2.19. The Labute approximate surface area is 110 Å². The first-order chi connectivity index (χ1) is 8.52. The summed E-state index contributed by atoms with van der Waals surface area (Å²) in [5, 5.41) is 9.31. The van der Waals surface area contributed by atoms with Crippen LogP contribution in [0.2, 0.25) is 0 Å². The molecule has 18 heavy (non-hydrogen) atoms. The topological polar surface area (TPSA) is 37.3 Å². The maximum Gasteiger partial charge on any atom is 0.306 e. The molecule has 0 saturated heterocycles. The molecule has 2 unspecified atom stereocenters. The van der Waals surface area contributed by atoms with Crippen molar-refractivity contribution in [2.75, 3.05) is 0 Å². The van der Waals surface area contributed by atoms with Crippen molar-refractivity contribution >= 4 is 5.97 Å². The van der Waals surface area contributed by atoms with Crippen LogP contribution in [0.3, 0.4) is 0 Å². The number of carboxylic acids is 1. The van der Waals surface area contributed by atoms with Gasteiger partial charge in [0.1, 0.15) is 0 Å². The van der Waals surface area contributed by atoms with E-state index in [1.54, 1.807) is 0 Å². The van der Waals surface area contributed by atoms with Gasteiger partial charge in [-0.2, -0.15) is 0 Å². The van der Waals surface area contributed by atoms with E-state index in [4.69, 9.17) is 0 Å². The third-order valence-corrected chi connectivity index (χ3v) is 3.42. The molecule has 0 heterocycles. The molecular weight excluding hydrogens is 224 g/mol. The van der Waals surface area contributed by atoms with E-state index in [1.165, 1.54) is 5.56 Å². The van der Waals surface area contributed by atoms with Crippen LogP contribution in [0.1, 0.15) is 44.2 Å². The molecule has 0 fully saturated rings. The van der Waals surface area contributed by atoms with E-state index in [2.05, 4.69) is 13.8 Å². The number of carboxylic acid groups (broad SMARTS) is 1. The smallest absolute Gasteiger partial charge is 0.306 e. The molecule has 0 aliphatic carbocycles. The molecule has 0 saturated carbocycles. The van der Waals surface area contributed by atoms with Crippen molar-refractivity contribution in [3.05, 3.63) is 35.4 Å². The number of rotatable bonds is 7. The summed E-state index contributed by atoms with van der Waals surface area (Å²) in [5.41, 5.74) is 2.33. The molecule has 100 valence electrons. The lowest BCUT2D eigenvalue weighted by molar-refractivity contribution is -0.142. The molecular formula is C16H24O2. The second-order valence-electron chi connectivity index (χ2n) is 5.35. The van der Waals surface area contributed by atoms with Crippen LogP contribution in [0.25, 0.3) is 0 Å². The molecule has 0 aromatic heterocycles. The van der Waals surface area contributed by atoms with Crippen LogP contribution in [0.5, 0.6) is 0 Å². The zero-order valence-electron chi connectivity index (χ0n) is 11.6. The van der Waals surface area contributed by atoms with Crippen LogP contribution in [0.15, 0.2) is 24.3 Å². The summed E-state index contributed by atoms with van der Waals surface area (Å²) in [6.45, 7) is 6.34. The second-order valence-corrected chi connectivity index (χ2v) is 5.35. The maximum absolute atomic E-state index is 11.3. The standard InChI is InChI=1S/C16H24O2/c1-4-5-13(3)10-15(16(17)18)11-14-8-6-12(2)7-9-14/h6-9,13,15H,4-5,10-11H2,1-3H3,(H,17,18). The van der Waals surface area contributed by atoms with Gasteiger partial charge in [-0.1, -0.05) is 56.5 Å². The normalized spacial score (nSPS) is 14.2. The molecule has 1 aromatic rings. The number of carbonyl (C=O) groups is 1. The van der Waals surface area contributed by atoms with Crippen molar-refractivity contribution in [1.82, 2.24) is 0 Å². The third-order valence-electron chi connectivity index (χ3n) is 3.42. The fraction of sp³-hybridized carbons (Fsp3) is 0.562. The van der Waals surface area contributed by atoms with Crippen molar-refractivity contribution in [2.24, 2.45) is 11.8 Å². The highest BCUT2D eigenvalue weighted by Crippen LogP contribution is 2.21. The summed E-state index contributed by atoms with van der Waals surface area (Å²) in [7, 11) is 0. The summed E-state index contributed by atoms with van der Waals surface area (Å²) in [4.78, 5) is 11.3. The van der Waals surface area contributed by atoms with Gasteiger partial charge in [0, 0.05) is 0 Å². The highest BCUT2D eigenvalue weighted by atomic mass is 16.4. The zero-order valence-corrected chi connectivity index (χ0v) is 11.6. The SMILES string of the molecule is CCCC(C)CC(Cc1ccc(C)cc1)C(=O)O. The Morgan fingerprint density at radius 1 is 1.28 bits per heavy atom. The first kappa shape index (κ1) is 14.7. The summed E-state index contributed by atoms with van der Waals surface area (Å²) >= 11 is 0. The van der Waals surface area contributed by atoms with Crippen LogP contribution in [-0.2, 0) is 11.2 Å². The van der Waals surface area contributed by atoms with Gasteiger partial charge in [-0.05, 0) is 31.2 Å². The van der Waals surface area contributed by atoms with E-state index in [-0.39, 0.29) is 5.92 Å². The van der Waals surface area contributed by atoms with Crippen molar-refractivity contribution in [2.45, 2.75) is 46.5 Å². The fourth-order valence-electron chi connectivity index (χ4n) is 2.38. The van der Waals surface area contributed by atoms with E-state index in [0.717, 1.165) is 24.8 Å². The third kappa shape index (κ3) is 4.91. The Morgan fingerprint density at radius 3 is 2.39 bits per heavy atom. The van der Waals surface area contributed by atoms with Gasteiger partial charge < -0.3 is 5.11 Å². The number of benzene rings is 1. The number of aliphatic carboxylic acids is 1. The number of aryl methyl sites for hydroxylation is 1. The van der Waals surface area contributed by atoms with Crippen LogP contribution in [0.4, 0.5) is 0 Å². The average molecular weight is 248 g/mol. The van der Waals surface area contributed by atoms with E-state index in [1.807, 2.05) is 31.2 Å². The first-order valence-electron chi connectivity index (χ1n) is 6.81. The van der Waals surface area contributed by atoms with Gasteiger partial charge in [0.05, 0.1) is 5.92 Å². The Hall–Kier alpha value is -1.31. The molecule has 0 aliphatic heterocycles. The van der Waals surface area contributed by atoms with Crippen LogP contribution in [0, 0.1) is 18.8 Å². The zero-order chi connectivity index (χ0) is 13.5. The molecule has 1 N–H and O–H groups in total. The van der Waals surface area contributed by atoms with Gasteiger partial charge in [0.2, 0.25) is 0 Å². The molecule has 2 heteroatoms. The molecule has 0 radical (unpaired) electrons. The average Bonchev–Trinajstić information content (AvgIpc) is 2.31. The van der Waals surface area contributed by atoms with Gasteiger partial charge >= 0.3 is 5.97 Å². The largest absolute Gasteiger partial charge is 0.481 e. The second kappa shape index (κ2) is 7.20. The van der Waals surface area contributed by atoms with E-state index < -0.39 is 5.97 Å². The monoisotopic (exact) mass is 248 g/mol. The molecule has 0 aliphatic rings. The maximum atomic E-state index is 11.3. The van der Waals surface area contributed by atoms with E-state index >= 15 is 0 Å². The Morgan fingerprint density at radius 2 is 1.89 bits per heavy atom. The Balaban J connectivity index is 2.62. The summed E-state index contributed by atoms with van der Waals surface area (Å²) < 4.78 is 0. The van der Waals surface area contributed by atoms with Gasteiger partial charge in [-0.3, -0.25) is 4.79 Å². The van der Waals surface area contributed by atoms with Crippen LogP contribution in [-0.4, -0.2) is 11.1 Å². The number of hydrogen-bond acceptors (Lipinski definition) is 1. The van der Waals surface area contributed by atoms with E-state index in [0.29, 0.717) is 12.3 Å². The molecule has 0 spiro atoms. The molecule has 1 aromatic carbocycles. The molecule has 0 amide bonds. The summed E-state index contributed by atoms with van der Waals surface area (Å²) in [5.74, 6) is -0.436. The molecule has 2 atom stereocenters. The van der Waals surface area contributed by atoms with Crippen molar-refractivity contribution < 1.29 is 9.90 Å². The van der Waals surface area contributed by atoms with Gasteiger partial charge in [-0.15, -0.1) is 0 Å². The Kier molecular flexibility index (Phi) is 5.90. The summed E-state index contributed by atoms with van der Waals surface area (Å²) in [6.07, 6.45) is 3.65. The van der Waals surface area contributed by atoms with Crippen LogP contribution < -0.4 is 0 Å². The minimum Gasteiger partial charge on any atom is -0.481 e. The van der Waals surface area contributed by atoms with Crippen molar-refractivity contribution in [1.29, 1.82) is 0 Å². The Bertz CT molecular complexity index is 367.